The van der Waals surface area contributed by atoms with E-state index in [1.807, 2.05) is 60.7 Å². The zero-order valence-corrected chi connectivity index (χ0v) is 18.8. The number of hydrogen-bond acceptors (Lipinski definition) is 6. The summed E-state index contributed by atoms with van der Waals surface area (Å²) < 4.78 is 33.9. The Bertz CT molecular complexity index is 1110. The van der Waals surface area contributed by atoms with Crippen LogP contribution < -0.4 is 23.7 Å². The highest BCUT2D eigenvalue weighted by Crippen LogP contribution is 2.50. The van der Waals surface area contributed by atoms with E-state index >= 15 is 0 Å². The summed E-state index contributed by atoms with van der Waals surface area (Å²) in [5.41, 5.74) is 3.70. The van der Waals surface area contributed by atoms with Gasteiger partial charge in [0, 0.05) is 23.3 Å². The molecule has 0 amide bonds. The third kappa shape index (κ3) is 4.04. The lowest BCUT2D eigenvalue weighted by Gasteiger charge is -2.17. The number of methoxy groups -OCH3 is 5. The SMILES string of the molecule is COc1ccc(C=C2OC(c3cc(OC)cc(OC)c3)c3c(OC)cc(OC)cc32)cc1. The topological polar surface area (TPSA) is 55.4 Å². The van der Waals surface area contributed by atoms with Gasteiger partial charge in [-0.1, -0.05) is 12.1 Å². The summed E-state index contributed by atoms with van der Waals surface area (Å²) in [5.74, 6) is 4.26. The number of hydrogen-bond donors (Lipinski definition) is 0. The van der Waals surface area contributed by atoms with Crippen LogP contribution in [0.15, 0.2) is 54.6 Å². The van der Waals surface area contributed by atoms with Gasteiger partial charge in [-0.25, -0.2) is 0 Å². The van der Waals surface area contributed by atoms with Crippen molar-refractivity contribution >= 4 is 11.8 Å². The Hall–Kier alpha value is -3.80. The fourth-order valence-electron chi connectivity index (χ4n) is 3.79. The smallest absolute Gasteiger partial charge is 0.153 e. The maximum atomic E-state index is 6.50. The molecule has 1 aliphatic heterocycles. The van der Waals surface area contributed by atoms with Gasteiger partial charge in [0.05, 0.1) is 41.1 Å². The Morgan fingerprint density at radius 3 is 1.81 bits per heavy atom. The fraction of sp³-hybridized carbons (Fsp3) is 0.231. The number of ether oxygens (including phenoxy) is 6. The molecule has 0 spiro atoms. The standard InChI is InChI=1S/C26H26O6/c1-27-18-8-6-16(7-9-18)10-23-22-14-21(30-4)15-24(31-5)25(22)26(32-23)17-11-19(28-2)13-20(12-17)29-3/h6-15,26H,1-5H3. The summed E-state index contributed by atoms with van der Waals surface area (Å²) in [4.78, 5) is 0. The van der Waals surface area contributed by atoms with Crippen LogP contribution in [0.25, 0.3) is 11.8 Å². The van der Waals surface area contributed by atoms with Crippen LogP contribution in [0.1, 0.15) is 28.4 Å². The van der Waals surface area contributed by atoms with E-state index in [0.717, 1.165) is 28.0 Å². The van der Waals surface area contributed by atoms with Gasteiger partial charge in [0.25, 0.3) is 0 Å². The Labute approximate surface area is 187 Å². The summed E-state index contributed by atoms with van der Waals surface area (Å²) in [6.45, 7) is 0. The Kier molecular flexibility index (Phi) is 6.12. The molecule has 0 fully saturated rings. The molecule has 4 rings (SSSR count). The minimum absolute atomic E-state index is 0.403. The highest BCUT2D eigenvalue weighted by Gasteiger charge is 2.34. The predicted octanol–water partition coefficient (Wildman–Crippen LogP) is 5.35. The van der Waals surface area contributed by atoms with Gasteiger partial charge in [0.2, 0.25) is 0 Å². The van der Waals surface area contributed by atoms with Gasteiger partial charge in [-0.05, 0) is 42.0 Å². The molecule has 0 aliphatic carbocycles. The third-order valence-corrected chi connectivity index (χ3v) is 5.43. The van der Waals surface area contributed by atoms with Crippen LogP contribution in [0.4, 0.5) is 0 Å². The first-order valence-electron chi connectivity index (χ1n) is 10.1. The zero-order valence-electron chi connectivity index (χ0n) is 18.8. The molecule has 1 unspecified atom stereocenters. The van der Waals surface area contributed by atoms with Gasteiger partial charge in [0.15, 0.2) is 6.10 Å². The van der Waals surface area contributed by atoms with Crippen molar-refractivity contribution in [1.82, 2.24) is 0 Å². The molecule has 0 saturated heterocycles. The van der Waals surface area contributed by atoms with Crippen molar-refractivity contribution in [2.24, 2.45) is 0 Å². The molecule has 6 heteroatoms. The van der Waals surface area contributed by atoms with Gasteiger partial charge in [0.1, 0.15) is 34.5 Å². The molecule has 32 heavy (non-hydrogen) atoms. The molecule has 1 heterocycles. The van der Waals surface area contributed by atoms with Gasteiger partial charge in [-0.15, -0.1) is 0 Å². The zero-order chi connectivity index (χ0) is 22.7. The van der Waals surface area contributed by atoms with Gasteiger partial charge >= 0.3 is 0 Å². The van der Waals surface area contributed by atoms with Crippen LogP contribution in [-0.2, 0) is 4.74 Å². The summed E-state index contributed by atoms with van der Waals surface area (Å²) in [7, 11) is 8.18. The van der Waals surface area contributed by atoms with Crippen LogP contribution in [0.3, 0.4) is 0 Å². The highest BCUT2D eigenvalue weighted by atomic mass is 16.5. The molecule has 0 aromatic heterocycles. The van der Waals surface area contributed by atoms with Crippen LogP contribution in [0, 0.1) is 0 Å². The lowest BCUT2D eigenvalue weighted by atomic mass is 9.96. The molecular weight excluding hydrogens is 408 g/mol. The summed E-state index contributed by atoms with van der Waals surface area (Å²) >= 11 is 0. The molecule has 3 aromatic rings. The van der Waals surface area contributed by atoms with Crippen molar-refractivity contribution in [2.75, 3.05) is 35.5 Å². The van der Waals surface area contributed by atoms with Gasteiger partial charge < -0.3 is 28.4 Å². The average molecular weight is 434 g/mol. The highest BCUT2D eigenvalue weighted by molar-refractivity contribution is 5.84. The molecule has 0 saturated carbocycles. The van der Waals surface area contributed by atoms with Crippen LogP contribution in [0.5, 0.6) is 28.7 Å². The maximum Gasteiger partial charge on any atom is 0.153 e. The minimum atomic E-state index is -0.403. The van der Waals surface area contributed by atoms with Crippen molar-refractivity contribution in [3.63, 3.8) is 0 Å². The molecule has 1 atom stereocenters. The molecular formula is C26H26O6. The maximum absolute atomic E-state index is 6.50. The summed E-state index contributed by atoms with van der Waals surface area (Å²) in [5, 5.41) is 0. The van der Waals surface area contributed by atoms with E-state index < -0.39 is 6.10 Å². The average Bonchev–Trinajstić information content (AvgIpc) is 3.21. The Morgan fingerprint density at radius 1 is 0.656 bits per heavy atom. The lowest BCUT2D eigenvalue weighted by molar-refractivity contribution is 0.224. The van der Waals surface area contributed by atoms with E-state index in [4.69, 9.17) is 28.4 Å². The largest absolute Gasteiger partial charge is 0.497 e. The first-order chi connectivity index (χ1) is 15.6. The normalized spacial score (nSPS) is 15.7. The quantitative estimate of drug-likeness (QED) is 0.500. The predicted molar refractivity (Wildman–Crippen MR) is 123 cm³/mol. The van der Waals surface area contributed by atoms with Crippen molar-refractivity contribution in [2.45, 2.75) is 6.10 Å². The van der Waals surface area contributed by atoms with E-state index in [2.05, 4.69) is 0 Å². The monoisotopic (exact) mass is 434 g/mol. The van der Waals surface area contributed by atoms with Gasteiger partial charge in [-0.2, -0.15) is 0 Å². The van der Waals surface area contributed by atoms with Crippen LogP contribution in [-0.4, -0.2) is 35.5 Å². The second-order valence-electron chi connectivity index (χ2n) is 7.22. The number of fused-ring (bicyclic) bond motifs is 1. The third-order valence-electron chi connectivity index (χ3n) is 5.43. The molecule has 0 radical (unpaired) electrons. The van der Waals surface area contributed by atoms with E-state index in [0.29, 0.717) is 28.8 Å². The van der Waals surface area contributed by atoms with E-state index in [1.54, 1.807) is 35.5 Å². The molecule has 1 aliphatic rings. The van der Waals surface area contributed by atoms with Crippen LogP contribution in [0.2, 0.25) is 0 Å². The Balaban J connectivity index is 1.87. The fourth-order valence-corrected chi connectivity index (χ4v) is 3.79. The van der Waals surface area contributed by atoms with Crippen molar-refractivity contribution in [3.05, 3.63) is 76.9 Å². The molecule has 166 valence electrons. The first kappa shape index (κ1) is 21.4. The second-order valence-corrected chi connectivity index (χ2v) is 7.22. The molecule has 3 aromatic carbocycles. The van der Waals surface area contributed by atoms with E-state index in [9.17, 15) is 0 Å². The Morgan fingerprint density at radius 2 is 1.25 bits per heavy atom. The molecule has 0 N–H and O–H groups in total. The van der Waals surface area contributed by atoms with Crippen molar-refractivity contribution in [3.8, 4) is 28.7 Å². The minimum Gasteiger partial charge on any atom is -0.497 e. The lowest BCUT2D eigenvalue weighted by Crippen LogP contribution is -2.02. The molecule has 0 bridgehead atoms. The van der Waals surface area contributed by atoms with Gasteiger partial charge in [-0.3, -0.25) is 0 Å². The summed E-state index contributed by atoms with van der Waals surface area (Å²) in [6.07, 6.45) is 1.59. The summed E-state index contributed by atoms with van der Waals surface area (Å²) in [6, 6.07) is 17.3. The molecule has 6 nitrogen and oxygen atoms in total. The second kappa shape index (κ2) is 9.14. The van der Waals surface area contributed by atoms with E-state index in [-0.39, 0.29) is 0 Å². The number of benzene rings is 3. The van der Waals surface area contributed by atoms with Crippen LogP contribution >= 0.6 is 0 Å². The van der Waals surface area contributed by atoms with Crippen molar-refractivity contribution < 1.29 is 28.4 Å². The van der Waals surface area contributed by atoms with Crippen molar-refractivity contribution in [1.29, 1.82) is 0 Å². The van der Waals surface area contributed by atoms with E-state index in [1.165, 1.54) is 0 Å². The first-order valence-corrected chi connectivity index (χ1v) is 10.1. The number of rotatable bonds is 7.